The van der Waals surface area contributed by atoms with Crippen LogP contribution in [0.25, 0.3) is 0 Å². The first-order chi connectivity index (χ1) is 12.6. The highest BCUT2D eigenvalue weighted by Crippen LogP contribution is 2.40. The van der Waals surface area contributed by atoms with Crippen LogP contribution in [0.1, 0.15) is 23.6 Å². The number of hydrogen-bond donors (Lipinski definition) is 1. The number of fused-ring (bicyclic) bond motifs is 1. The molecular weight excluding hydrogens is 520 g/mol. The highest BCUT2D eigenvalue weighted by atomic mass is 79.9. The number of rotatable bonds is 2. The average molecular weight is 535 g/mol. The third kappa shape index (κ3) is 3.80. The van der Waals surface area contributed by atoms with Crippen LogP contribution >= 0.6 is 47.8 Å². The molecule has 0 aliphatic carbocycles. The molecule has 1 aliphatic rings. The first kappa shape index (κ1) is 18.0. The van der Waals surface area contributed by atoms with Crippen LogP contribution in [0.15, 0.2) is 85.1 Å². The molecule has 0 bridgehead atoms. The van der Waals surface area contributed by atoms with E-state index in [1.807, 2.05) is 12.1 Å². The van der Waals surface area contributed by atoms with Crippen molar-refractivity contribution in [2.75, 3.05) is 5.32 Å². The van der Waals surface area contributed by atoms with Gasteiger partial charge in [-0.1, -0.05) is 58.4 Å². The Kier molecular flexibility index (Phi) is 5.30. The number of benzene rings is 3. The number of anilines is 1. The fourth-order valence-electron chi connectivity index (χ4n) is 3.11. The van der Waals surface area contributed by atoms with Crippen molar-refractivity contribution in [1.29, 1.82) is 0 Å². The van der Waals surface area contributed by atoms with Crippen molar-refractivity contribution in [2.24, 2.45) is 4.99 Å². The number of nitrogens with one attached hydrogen (secondary N) is 1. The van der Waals surface area contributed by atoms with Crippen LogP contribution in [0.4, 0.5) is 11.4 Å². The van der Waals surface area contributed by atoms with E-state index in [4.69, 9.17) is 4.99 Å². The second-order valence-corrected chi connectivity index (χ2v) is 8.79. The molecular formula is C21H15Br3N2. The Bertz CT molecular complexity index is 984. The monoisotopic (exact) mass is 532 g/mol. The molecule has 26 heavy (non-hydrogen) atoms. The van der Waals surface area contributed by atoms with Gasteiger partial charge in [-0.2, -0.15) is 0 Å². The highest BCUT2D eigenvalue weighted by molar-refractivity contribution is 9.13. The van der Waals surface area contributed by atoms with Crippen LogP contribution in [0, 0.1) is 0 Å². The number of nitrogens with zero attached hydrogens (tertiary/aromatic N) is 1. The van der Waals surface area contributed by atoms with Gasteiger partial charge in [-0.15, -0.1) is 0 Å². The summed E-state index contributed by atoms with van der Waals surface area (Å²) >= 11 is 10.8. The molecule has 4 rings (SSSR count). The molecule has 0 aromatic heterocycles. The predicted octanol–water partition coefficient (Wildman–Crippen LogP) is 7.65. The third-order valence-corrected chi connectivity index (χ3v) is 6.72. The van der Waals surface area contributed by atoms with Gasteiger partial charge in [-0.3, -0.25) is 4.99 Å². The molecule has 0 radical (unpaired) electrons. The van der Waals surface area contributed by atoms with Gasteiger partial charge in [0.25, 0.3) is 0 Å². The zero-order valence-electron chi connectivity index (χ0n) is 13.7. The zero-order valence-corrected chi connectivity index (χ0v) is 18.5. The summed E-state index contributed by atoms with van der Waals surface area (Å²) in [5.74, 6) is 0. The van der Waals surface area contributed by atoms with Crippen molar-refractivity contribution in [1.82, 2.24) is 0 Å². The molecule has 3 aromatic carbocycles. The van der Waals surface area contributed by atoms with Crippen molar-refractivity contribution in [3.63, 3.8) is 0 Å². The fourth-order valence-corrected chi connectivity index (χ4v) is 4.20. The molecule has 130 valence electrons. The van der Waals surface area contributed by atoms with Gasteiger partial charge in [0.2, 0.25) is 0 Å². The van der Waals surface area contributed by atoms with Crippen LogP contribution in [0.2, 0.25) is 0 Å². The summed E-state index contributed by atoms with van der Waals surface area (Å²) < 4.78 is 3.08. The summed E-state index contributed by atoms with van der Waals surface area (Å²) in [5.41, 5.74) is 5.43. The summed E-state index contributed by atoms with van der Waals surface area (Å²) in [6.45, 7) is 0. The lowest BCUT2D eigenvalue weighted by atomic mass is 9.97. The molecule has 0 saturated carbocycles. The first-order valence-corrected chi connectivity index (χ1v) is 10.6. The standard InChI is InChI=1S/C21H15Br3N2/c22-15-8-4-7-14(9-15)19-12-18(13-5-2-1-3-6-13)25-20-10-16(23)17(24)11-21(20)26-19/h1-11,19,26H,12H2. The lowest BCUT2D eigenvalue weighted by molar-refractivity contribution is 0.827. The average Bonchev–Trinajstić information content (AvgIpc) is 2.82. The summed E-state index contributed by atoms with van der Waals surface area (Å²) in [5, 5.41) is 3.68. The van der Waals surface area contributed by atoms with Crippen LogP contribution in [-0.4, -0.2) is 5.71 Å². The Labute approximate surface area is 178 Å². The molecule has 1 unspecified atom stereocenters. The van der Waals surface area contributed by atoms with E-state index in [0.717, 1.165) is 42.5 Å². The fraction of sp³-hybridized carbons (Fsp3) is 0.0952. The molecule has 5 heteroatoms. The molecule has 3 aromatic rings. The van der Waals surface area contributed by atoms with E-state index < -0.39 is 0 Å². The summed E-state index contributed by atoms with van der Waals surface area (Å²) in [6, 6.07) is 23.1. The molecule has 1 N–H and O–H groups in total. The van der Waals surface area contributed by atoms with E-state index in [0.29, 0.717) is 0 Å². The molecule has 0 fully saturated rings. The number of hydrogen-bond acceptors (Lipinski definition) is 2. The van der Waals surface area contributed by atoms with Gasteiger partial charge in [0.1, 0.15) is 0 Å². The molecule has 0 spiro atoms. The Morgan fingerprint density at radius 2 is 1.62 bits per heavy atom. The Morgan fingerprint density at radius 1 is 0.846 bits per heavy atom. The number of halogens is 3. The van der Waals surface area contributed by atoms with E-state index in [9.17, 15) is 0 Å². The molecule has 1 atom stereocenters. The van der Waals surface area contributed by atoms with Gasteiger partial charge in [-0.05, 0) is 67.3 Å². The topological polar surface area (TPSA) is 24.4 Å². The van der Waals surface area contributed by atoms with Crippen LogP contribution in [0.3, 0.4) is 0 Å². The van der Waals surface area contributed by atoms with E-state index in [-0.39, 0.29) is 6.04 Å². The minimum Gasteiger partial charge on any atom is -0.376 e. The molecule has 0 amide bonds. The first-order valence-electron chi connectivity index (χ1n) is 8.24. The van der Waals surface area contributed by atoms with Gasteiger partial charge in [-0.25, -0.2) is 0 Å². The zero-order chi connectivity index (χ0) is 18.1. The Morgan fingerprint density at radius 3 is 2.38 bits per heavy atom. The minimum atomic E-state index is 0.140. The van der Waals surface area contributed by atoms with Gasteiger partial charge in [0.15, 0.2) is 0 Å². The Balaban J connectivity index is 1.85. The lowest BCUT2D eigenvalue weighted by Gasteiger charge is -2.20. The number of aliphatic imine (C=N–C) groups is 1. The second-order valence-electron chi connectivity index (χ2n) is 6.16. The molecule has 2 nitrogen and oxygen atoms in total. The highest BCUT2D eigenvalue weighted by Gasteiger charge is 2.22. The smallest absolute Gasteiger partial charge is 0.0876 e. The van der Waals surface area contributed by atoms with Gasteiger partial charge >= 0.3 is 0 Å². The summed E-state index contributed by atoms with van der Waals surface area (Å²) in [7, 11) is 0. The van der Waals surface area contributed by atoms with Crippen LogP contribution < -0.4 is 5.32 Å². The normalized spacial score (nSPS) is 16.3. The maximum Gasteiger partial charge on any atom is 0.0876 e. The molecule has 1 heterocycles. The van der Waals surface area contributed by atoms with E-state index in [2.05, 4.69) is 108 Å². The van der Waals surface area contributed by atoms with Gasteiger partial charge < -0.3 is 5.32 Å². The van der Waals surface area contributed by atoms with E-state index in [1.54, 1.807) is 0 Å². The van der Waals surface area contributed by atoms with E-state index in [1.165, 1.54) is 5.56 Å². The van der Waals surface area contributed by atoms with Gasteiger partial charge in [0.05, 0.1) is 23.1 Å². The van der Waals surface area contributed by atoms with Crippen molar-refractivity contribution < 1.29 is 0 Å². The largest absolute Gasteiger partial charge is 0.376 e. The van der Waals surface area contributed by atoms with Gasteiger partial charge in [0, 0.05) is 19.8 Å². The van der Waals surface area contributed by atoms with Crippen molar-refractivity contribution in [3.8, 4) is 0 Å². The predicted molar refractivity (Wildman–Crippen MR) is 120 cm³/mol. The second kappa shape index (κ2) is 7.67. The summed E-state index contributed by atoms with van der Waals surface area (Å²) in [4.78, 5) is 5.00. The molecule has 0 saturated heterocycles. The SMILES string of the molecule is Brc1cccc(C2CC(c3ccccc3)=Nc3cc(Br)c(Br)cc3N2)c1. The van der Waals surface area contributed by atoms with Crippen LogP contribution in [0.5, 0.6) is 0 Å². The van der Waals surface area contributed by atoms with Crippen LogP contribution in [-0.2, 0) is 0 Å². The molecule has 1 aliphatic heterocycles. The van der Waals surface area contributed by atoms with Crippen molar-refractivity contribution in [2.45, 2.75) is 12.5 Å². The maximum atomic E-state index is 5.00. The summed E-state index contributed by atoms with van der Waals surface area (Å²) in [6.07, 6.45) is 0.810. The van der Waals surface area contributed by atoms with E-state index >= 15 is 0 Å². The Hall–Kier alpha value is -1.43. The lowest BCUT2D eigenvalue weighted by Crippen LogP contribution is -2.14. The third-order valence-electron chi connectivity index (χ3n) is 4.38. The van der Waals surface area contributed by atoms with Crippen molar-refractivity contribution >= 4 is 64.9 Å². The minimum absolute atomic E-state index is 0.140. The maximum absolute atomic E-state index is 5.00. The van der Waals surface area contributed by atoms with Crippen molar-refractivity contribution in [3.05, 3.63) is 91.3 Å². The quantitative estimate of drug-likeness (QED) is 0.359.